The Morgan fingerprint density at radius 3 is 1.88 bits per heavy atom. The second-order valence-electron chi connectivity index (χ2n) is 6.85. The summed E-state index contributed by atoms with van der Waals surface area (Å²) in [5.41, 5.74) is -1.26. The molecule has 1 atom stereocenters. The maximum atomic E-state index is 12.3. The summed E-state index contributed by atoms with van der Waals surface area (Å²) in [7, 11) is 4.34. The lowest BCUT2D eigenvalue weighted by molar-refractivity contribution is -0.147. The lowest BCUT2D eigenvalue weighted by atomic mass is 9.92. The van der Waals surface area contributed by atoms with Crippen LogP contribution in [0.4, 0.5) is 4.79 Å². The number of alkyl carbamates (subject to hydrolysis) is 1. The van der Waals surface area contributed by atoms with Crippen molar-refractivity contribution in [2.24, 2.45) is 0 Å². The van der Waals surface area contributed by atoms with Gasteiger partial charge in [0.05, 0.1) is 21.3 Å². The van der Waals surface area contributed by atoms with Crippen molar-refractivity contribution < 1.29 is 28.5 Å². The topological polar surface area (TPSA) is 83.1 Å². The minimum atomic E-state index is -1.31. The van der Waals surface area contributed by atoms with Gasteiger partial charge in [-0.2, -0.15) is 0 Å². The highest BCUT2D eigenvalue weighted by molar-refractivity contribution is 5.85. The van der Waals surface area contributed by atoms with E-state index in [1.807, 2.05) is 0 Å². The Hall–Kier alpha value is -2.44. The zero-order chi connectivity index (χ0) is 19.3. The molecule has 25 heavy (non-hydrogen) atoms. The van der Waals surface area contributed by atoms with E-state index in [4.69, 9.17) is 18.9 Å². The molecule has 7 nitrogen and oxygen atoms in total. The fraction of sp³-hybridized carbons (Fsp3) is 0.556. The van der Waals surface area contributed by atoms with Gasteiger partial charge in [-0.15, -0.1) is 0 Å². The average Bonchev–Trinajstić information content (AvgIpc) is 2.51. The van der Waals surface area contributed by atoms with Gasteiger partial charge in [0.2, 0.25) is 0 Å². The molecule has 0 spiro atoms. The number of rotatable bonds is 6. The van der Waals surface area contributed by atoms with Crippen molar-refractivity contribution in [1.29, 1.82) is 0 Å². The third-order valence-electron chi connectivity index (χ3n) is 3.38. The van der Waals surface area contributed by atoms with Gasteiger partial charge in [0.15, 0.2) is 0 Å². The second-order valence-corrected chi connectivity index (χ2v) is 6.85. The number of hydrogen-bond donors (Lipinski definition) is 1. The first-order chi connectivity index (χ1) is 11.5. The van der Waals surface area contributed by atoms with Crippen LogP contribution >= 0.6 is 0 Å². The molecule has 1 N–H and O–H groups in total. The number of carbonyl (C=O) groups excluding carboxylic acids is 2. The minimum absolute atomic E-state index is 0.173. The van der Waals surface area contributed by atoms with E-state index in [0.29, 0.717) is 11.5 Å². The fourth-order valence-electron chi connectivity index (χ4n) is 2.30. The van der Waals surface area contributed by atoms with Gasteiger partial charge < -0.3 is 24.3 Å². The number of ether oxygens (including phenoxy) is 4. The Morgan fingerprint density at radius 1 is 0.960 bits per heavy atom. The van der Waals surface area contributed by atoms with Gasteiger partial charge in [-0.25, -0.2) is 9.59 Å². The molecule has 1 rings (SSSR count). The first-order valence-electron chi connectivity index (χ1n) is 7.84. The smallest absolute Gasteiger partial charge is 0.408 e. The van der Waals surface area contributed by atoms with Crippen molar-refractivity contribution in [1.82, 2.24) is 5.32 Å². The number of amides is 1. The van der Waals surface area contributed by atoms with E-state index >= 15 is 0 Å². The van der Waals surface area contributed by atoms with E-state index in [1.54, 1.807) is 45.9 Å². The van der Waals surface area contributed by atoms with E-state index in [1.165, 1.54) is 21.3 Å². The van der Waals surface area contributed by atoms with Crippen molar-refractivity contribution >= 4 is 12.1 Å². The van der Waals surface area contributed by atoms with Crippen LogP contribution in [0.15, 0.2) is 18.2 Å². The van der Waals surface area contributed by atoms with E-state index in [-0.39, 0.29) is 6.42 Å². The van der Waals surface area contributed by atoms with Gasteiger partial charge in [0, 0.05) is 12.5 Å². The standard InChI is InChI=1S/C18H27NO6/c1-17(2,3)25-16(21)19-18(4,15(20)24-7)11-12-8-13(22-5)10-14(9-12)23-6/h8-10H,11H2,1-7H3,(H,19,21). The van der Waals surface area contributed by atoms with Crippen LogP contribution in [0, 0.1) is 0 Å². The van der Waals surface area contributed by atoms with Gasteiger partial charge in [-0.3, -0.25) is 0 Å². The summed E-state index contributed by atoms with van der Waals surface area (Å²) in [4.78, 5) is 24.4. The molecular weight excluding hydrogens is 326 g/mol. The number of carbonyl (C=O) groups is 2. The van der Waals surface area contributed by atoms with Crippen molar-refractivity contribution in [2.75, 3.05) is 21.3 Å². The van der Waals surface area contributed by atoms with Crippen LogP contribution in [0.2, 0.25) is 0 Å². The second kappa shape index (κ2) is 8.09. The largest absolute Gasteiger partial charge is 0.497 e. The summed E-state index contributed by atoms with van der Waals surface area (Å²) in [6.45, 7) is 6.81. The summed E-state index contributed by atoms with van der Waals surface area (Å²) in [5, 5.41) is 2.61. The van der Waals surface area contributed by atoms with Crippen molar-refractivity contribution in [3.63, 3.8) is 0 Å². The van der Waals surface area contributed by atoms with Crippen molar-refractivity contribution in [3.8, 4) is 11.5 Å². The molecule has 140 valence electrons. The lowest BCUT2D eigenvalue weighted by Gasteiger charge is -2.30. The molecule has 0 fully saturated rings. The molecule has 0 bridgehead atoms. The highest BCUT2D eigenvalue weighted by Crippen LogP contribution is 2.26. The van der Waals surface area contributed by atoms with Crippen LogP contribution in [-0.2, 0) is 20.7 Å². The molecule has 0 saturated heterocycles. The molecule has 0 heterocycles. The first-order valence-corrected chi connectivity index (χ1v) is 7.84. The molecule has 7 heteroatoms. The molecular formula is C18H27NO6. The number of benzene rings is 1. The first kappa shape index (κ1) is 20.6. The predicted octanol–water partition coefficient (Wildman–Crippen LogP) is 2.70. The van der Waals surface area contributed by atoms with Crippen molar-refractivity contribution in [3.05, 3.63) is 23.8 Å². The number of methoxy groups -OCH3 is 3. The van der Waals surface area contributed by atoms with Gasteiger partial charge in [-0.05, 0) is 45.4 Å². The quantitative estimate of drug-likeness (QED) is 0.792. The van der Waals surface area contributed by atoms with E-state index in [0.717, 1.165) is 5.56 Å². The number of esters is 1. The Morgan fingerprint density at radius 2 is 1.48 bits per heavy atom. The van der Waals surface area contributed by atoms with Crippen LogP contribution < -0.4 is 14.8 Å². The van der Waals surface area contributed by atoms with Crippen LogP contribution in [0.25, 0.3) is 0 Å². The third kappa shape index (κ3) is 6.17. The Labute approximate surface area is 148 Å². The highest BCUT2D eigenvalue weighted by Gasteiger charge is 2.38. The zero-order valence-electron chi connectivity index (χ0n) is 15.9. The van der Waals surface area contributed by atoms with Gasteiger partial charge in [0.1, 0.15) is 22.6 Å². The zero-order valence-corrected chi connectivity index (χ0v) is 15.9. The van der Waals surface area contributed by atoms with Gasteiger partial charge in [0.25, 0.3) is 0 Å². The summed E-state index contributed by atoms with van der Waals surface area (Å²) in [6, 6.07) is 5.25. The highest BCUT2D eigenvalue weighted by atomic mass is 16.6. The van der Waals surface area contributed by atoms with Gasteiger partial charge >= 0.3 is 12.1 Å². The summed E-state index contributed by atoms with van der Waals surface area (Å²) < 4.78 is 20.6. The molecule has 0 aliphatic heterocycles. The molecule has 1 unspecified atom stereocenters. The monoisotopic (exact) mass is 353 g/mol. The van der Waals surface area contributed by atoms with Crippen LogP contribution in [-0.4, -0.2) is 44.5 Å². The predicted molar refractivity (Wildman–Crippen MR) is 93.0 cm³/mol. The van der Waals surface area contributed by atoms with E-state index < -0.39 is 23.2 Å². The average molecular weight is 353 g/mol. The number of nitrogens with one attached hydrogen (secondary N) is 1. The SMILES string of the molecule is COC(=O)C(C)(Cc1cc(OC)cc(OC)c1)NC(=O)OC(C)(C)C. The maximum Gasteiger partial charge on any atom is 0.408 e. The molecule has 0 aliphatic carbocycles. The lowest BCUT2D eigenvalue weighted by Crippen LogP contribution is -2.55. The van der Waals surface area contributed by atoms with Gasteiger partial charge in [-0.1, -0.05) is 0 Å². The van der Waals surface area contributed by atoms with Crippen LogP contribution in [0.3, 0.4) is 0 Å². The maximum absolute atomic E-state index is 12.3. The van der Waals surface area contributed by atoms with Crippen molar-refractivity contribution in [2.45, 2.75) is 45.3 Å². The Balaban J connectivity index is 3.11. The molecule has 0 radical (unpaired) electrons. The van der Waals surface area contributed by atoms with E-state index in [2.05, 4.69) is 5.32 Å². The summed E-state index contributed by atoms with van der Waals surface area (Å²) in [5.74, 6) is 0.581. The number of hydrogen-bond acceptors (Lipinski definition) is 6. The fourth-order valence-corrected chi connectivity index (χ4v) is 2.30. The van der Waals surface area contributed by atoms with E-state index in [9.17, 15) is 9.59 Å². The Bertz CT molecular complexity index is 600. The molecule has 0 saturated carbocycles. The normalized spacial score (nSPS) is 13.4. The van der Waals surface area contributed by atoms with Crippen LogP contribution in [0.5, 0.6) is 11.5 Å². The molecule has 1 amide bonds. The Kier molecular flexibility index (Phi) is 6.67. The van der Waals surface area contributed by atoms with Crippen LogP contribution in [0.1, 0.15) is 33.3 Å². The summed E-state index contributed by atoms with van der Waals surface area (Å²) in [6.07, 6.45) is -0.526. The summed E-state index contributed by atoms with van der Waals surface area (Å²) >= 11 is 0. The molecule has 0 aromatic heterocycles. The molecule has 1 aromatic carbocycles. The third-order valence-corrected chi connectivity index (χ3v) is 3.38. The minimum Gasteiger partial charge on any atom is -0.497 e. The molecule has 0 aliphatic rings. The molecule has 1 aromatic rings.